The predicted octanol–water partition coefficient (Wildman–Crippen LogP) is 0.554. The highest BCUT2D eigenvalue weighted by Gasteiger charge is 2.47. The molecule has 1 aromatic rings. The molecule has 152 valence electrons. The summed E-state index contributed by atoms with van der Waals surface area (Å²) in [6, 6.07) is 8.53. The molecule has 27 heavy (non-hydrogen) atoms. The Morgan fingerprint density at radius 2 is 1.67 bits per heavy atom. The molecule has 9 nitrogen and oxygen atoms in total. The van der Waals surface area contributed by atoms with Crippen molar-refractivity contribution in [1.82, 2.24) is 0 Å². The molecule has 0 bridgehead atoms. The molecule has 1 aliphatic rings. The number of aliphatic hydroxyl groups is 1. The van der Waals surface area contributed by atoms with Gasteiger partial charge >= 0.3 is 5.97 Å². The van der Waals surface area contributed by atoms with E-state index in [1.54, 1.807) is 30.3 Å². The second kappa shape index (κ2) is 11.3. The Kier molecular flexibility index (Phi) is 9.08. The van der Waals surface area contributed by atoms with Gasteiger partial charge in [-0.3, -0.25) is 0 Å². The SMILES string of the molecule is COCO[C@H]1[C@@H](OC)O[C@H](COC(=O)c2ccccc2)[C@@H](O)[C@@H]1OCOC. The first-order chi connectivity index (χ1) is 13.1. The molecule has 1 saturated heterocycles. The minimum absolute atomic E-state index is 0.0406. The van der Waals surface area contributed by atoms with Crippen LogP contribution in [0.25, 0.3) is 0 Å². The van der Waals surface area contributed by atoms with Crippen molar-refractivity contribution in [1.29, 1.82) is 0 Å². The van der Waals surface area contributed by atoms with Gasteiger partial charge in [0.25, 0.3) is 0 Å². The van der Waals surface area contributed by atoms with E-state index in [1.165, 1.54) is 21.3 Å². The smallest absolute Gasteiger partial charge is 0.338 e. The maximum absolute atomic E-state index is 12.1. The van der Waals surface area contributed by atoms with Crippen LogP contribution in [0.1, 0.15) is 10.4 Å². The molecule has 1 heterocycles. The number of methoxy groups -OCH3 is 3. The molecule has 0 amide bonds. The maximum atomic E-state index is 12.1. The van der Waals surface area contributed by atoms with Crippen molar-refractivity contribution in [2.24, 2.45) is 0 Å². The number of benzene rings is 1. The van der Waals surface area contributed by atoms with E-state index in [-0.39, 0.29) is 20.2 Å². The van der Waals surface area contributed by atoms with Crippen molar-refractivity contribution in [2.45, 2.75) is 30.7 Å². The third kappa shape index (κ3) is 5.94. The summed E-state index contributed by atoms with van der Waals surface area (Å²) in [4.78, 5) is 12.1. The van der Waals surface area contributed by atoms with Crippen LogP contribution in [0.3, 0.4) is 0 Å². The van der Waals surface area contributed by atoms with Gasteiger partial charge in [-0.2, -0.15) is 0 Å². The van der Waals surface area contributed by atoms with Crippen LogP contribution in [0, 0.1) is 0 Å². The minimum atomic E-state index is -1.14. The zero-order valence-corrected chi connectivity index (χ0v) is 15.6. The first-order valence-electron chi connectivity index (χ1n) is 8.42. The molecule has 0 radical (unpaired) electrons. The van der Waals surface area contributed by atoms with Crippen LogP contribution < -0.4 is 0 Å². The number of ether oxygens (including phenoxy) is 7. The highest BCUT2D eigenvalue weighted by atomic mass is 16.7. The lowest BCUT2D eigenvalue weighted by molar-refractivity contribution is -0.325. The lowest BCUT2D eigenvalue weighted by Crippen LogP contribution is -2.61. The van der Waals surface area contributed by atoms with Gasteiger partial charge in [0, 0.05) is 21.3 Å². The van der Waals surface area contributed by atoms with Gasteiger partial charge in [0.15, 0.2) is 6.29 Å². The van der Waals surface area contributed by atoms with Crippen LogP contribution in [0.2, 0.25) is 0 Å². The third-order valence-corrected chi connectivity index (χ3v) is 4.00. The van der Waals surface area contributed by atoms with Gasteiger partial charge in [0.2, 0.25) is 0 Å². The second-order valence-electron chi connectivity index (χ2n) is 5.81. The number of aliphatic hydroxyl groups excluding tert-OH is 1. The first kappa shape index (κ1) is 21.7. The summed E-state index contributed by atoms with van der Waals surface area (Å²) in [7, 11) is 4.37. The summed E-state index contributed by atoms with van der Waals surface area (Å²) in [6.07, 6.45) is -4.46. The summed E-state index contributed by atoms with van der Waals surface area (Å²) < 4.78 is 37.2. The standard InChI is InChI=1S/C18H26O9/c1-21-10-25-15-14(19)13(27-18(23-3)16(15)26-11-22-2)9-24-17(20)12-7-5-4-6-8-12/h4-8,13-16,18-19H,9-11H2,1-3H3/t13-,14-,15+,16-,18+/m1/s1. The fourth-order valence-corrected chi connectivity index (χ4v) is 2.69. The number of hydrogen-bond donors (Lipinski definition) is 1. The van der Waals surface area contributed by atoms with Crippen molar-refractivity contribution in [3.8, 4) is 0 Å². The number of carbonyl (C=O) groups excluding carboxylic acids is 1. The van der Waals surface area contributed by atoms with Crippen molar-refractivity contribution < 1.29 is 43.1 Å². The van der Waals surface area contributed by atoms with Gasteiger partial charge < -0.3 is 38.3 Å². The average molecular weight is 386 g/mol. The maximum Gasteiger partial charge on any atom is 0.338 e. The molecule has 1 aliphatic heterocycles. The largest absolute Gasteiger partial charge is 0.459 e. The number of esters is 1. The Morgan fingerprint density at radius 1 is 1.04 bits per heavy atom. The van der Waals surface area contributed by atoms with E-state index in [4.69, 9.17) is 33.2 Å². The molecule has 0 unspecified atom stereocenters. The Morgan fingerprint density at radius 3 is 2.26 bits per heavy atom. The molecule has 9 heteroatoms. The molecular weight excluding hydrogens is 360 g/mol. The zero-order chi connectivity index (χ0) is 19.6. The molecule has 0 spiro atoms. The molecule has 1 fully saturated rings. The van der Waals surface area contributed by atoms with Gasteiger partial charge in [-0.25, -0.2) is 4.79 Å². The van der Waals surface area contributed by atoms with Gasteiger partial charge in [-0.1, -0.05) is 18.2 Å². The van der Waals surface area contributed by atoms with Crippen molar-refractivity contribution >= 4 is 5.97 Å². The van der Waals surface area contributed by atoms with Crippen LogP contribution in [0.15, 0.2) is 30.3 Å². The number of hydrogen-bond acceptors (Lipinski definition) is 9. The van der Waals surface area contributed by atoms with Gasteiger partial charge in [0.05, 0.1) is 5.56 Å². The lowest BCUT2D eigenvalue weighted by atomic mass is 9.99. The molecular formula is C18H26O9. The Bertz CT molecular complexity index is 553. The Labute approximate surface area is 158 Å². The van der Waals surface area contributed by atoms with E-state index >= 15 is 0 Å². The summed E-state index contributed by atoms with van der Waals surface area (Å²) in [5.41, 5.74) is 0.402. The molecule has 5 atom stereocenters. The van der Waals surface area contributed by atoms with Crippen LogP contribution in [0.4, 0.5) is 0 Å². The van der Waals surface area contributed by atoms with E-state index in [9.17, 15) is 9.90 Å². The molecule has 2 rings (SSSR count). The van der Waals surface area contributed by atoms with Crippen molar-refractivity contribution in [3.05, 3.63) is 35.9 Å². The molecule has 1 N–H and O–H groups in total. The van der Waals surface area contributed by atoms with Crippen LogP contribution in [-0.4, -0.2) is 83.3 Å². The summed E-state index contributed by atoms with van der Waals surface area (Å²) in [6.45, 7) is -0.290. The highest BCUT2D eigenvalue weighted by molar-refractivity contribution is 5.89. The normalized spacial score (nSPS) is 28.1. The van der Waals surface area contributed by atoms with E-state index in [1.807, 2.05) is 0 Å². The topological polar surface area (TPSA) is 102 Å². The summed E-state index contributed by atoms with van der Waals surface area (Å²) in [5.74, 6) is -0.521. The molecule has 0 saturated carbocycles. The highest BCUT2D eigenvalue weighted by Crippen LogP contribution is 2.27. The van der Waals surface area contributed by atoms with Crippen molar-refractivity contribution in [3.63, 3.8) is 0 Å². The van der Waals surface area contributed by atoms with Gasteiger partial charge in [0.1, 0.15) is 44.6 Å². The fraction of sp³-hybridized carbons (Fsp3) is 0.611. The van der Waals surface area contributed by atoms with Crippen LogP contribution in [-0.2, 0) is 33.2 Å². The van der Waals surface area contributed by atoms with E-state index in [2.05, 4.69) is 0 Å². The summed E-state index contributed by atoms with van der Waals surface area (Å²) >= 11 is 0. The van der Waals surface area contributed by atoms with Gasteiger partial charge in [-0.15, -0.1) is 0 Å². The molecule has 1 aromatic carbocycles. The van der Waals surface area contributed by atoms with Crippen molar-refractivity contribution in [2.75, 3.05) is 41.5 Å². The quantitative estimate of drug-likeness (QED) is 0.456. The Hall–Kier alpha value is -1.59. The number of rotatable bonds is 10. The lowest BCUT2D eigenvalue weighted by Gasteiger charge is -2.43. The van der Waals surface area contributed by atoms with Crippen LogP contribution >= 0.6 is 0 Å². The molecule has 0 aromatic heterocycles. The minimum Gasteiger partial charge on any atom is -0.459 e. The first-order valence-corrected chi connectivity index (χ1v) is 8.42. The zero-order valence-electron chi connectivity index (χ0n) is 15.6. The molecule has 0 aliphatic carbocycles. The third-order valence-electron chi connectivity index (χ3n) is 4.00. The average Bonchev–Trinajstić information content (AvgIpc) is 2.71. The van der Waals surface area contributed by atoms with E-state index in [0.717, 1.165) is 0 Å². The predicted molar refractivity (Wildman–Crippen MR) is 91.9 cm³/mol. The van der Waals surface area contributed by atoms with E-state index < -0.39 is 36.7 Å². The van der Waals surface area contributed by atoms with Gasteiger partial charge in [-0.05, 0) is 12.1 Å². The second-order valence-corrected chi connectivity index (χ2v) is 5.81. The monoisotopic (exact) mass is 386 g/mol. The number of carbonyl (C=O) groups is 1. The van der Waals surface area contributed by atoms with Crippen LogP contribution in [0.5, 0.6) is 0 Å². The Balaban J connectivity index is 2.04. The fourth-order valence-electron chi connectivity index (χ4n) is 2.69. The van der Waals surface area contributed by atoms with E-state index in [0.29, 0.717) is 5.56 Å². The summed E-state index contributed by atoms with van der Waals surface area (Å²) in [5, 5.41) is 10.6.